The Morgan fingerprint density at radius 1 is 1.33 bits per heavy atom. The first-order valence-corrected chi connectivity index (χ1v) is 5.09. The summed E-state index contributed by atoms with van der Waals surface area (Å²) in [5.74, 6) is -1.50. The maximum absolute atomic E-state index is 10.5. The summed E-state index contributed by atoms with van der Waals surface area (Å²) >= 11 is 22.1. The van der Waals surface area contributed by atoms with Crippen LogP contribution in [0.2, 0.25) is 10.0 Å². The van der Waals surface area contributed by atoms with Crippen LogP contribution in [0.1, 0.15) is 0 Å². The molecular weight excluding hydrogens is 286 g/mol. The molecule has 1 rings (SSSR count). The highest BCUT2D eigenvalue weighted by Gasteiger charge is 2.37. The Hall–Kier alpha value is -0.350. The SMILES string of the molecule is O=C(O)C(Cl)(Cl)Oc1ccc(Cl)cc1Cl. The number of rotatable bonds is 3. The summed E-state index contributed by atoms with van der Waals surface area (Å²) in [5, 5.41) is 9.10. The highest BCUT2D eigenvalue weighted by Crippen LogP contribution is 2.33. The molecule has 0 saturated heterocycles. The van der Waals surface area contributed by atoms with E-state index in [9.17, 15) is 4.79 Å². The van der Waals surface area contributed by atoms with Crippen molar-refractivity contribution in [1.29, 1.82) is 0 Å². The van der Waals surface area contributed by atoms with Crippen LogP contribution in [-0.4, -0.2) is 15.6 Å². The zero-order valence-electron chi connectivity index (χ0n) is 7.01. The lowest BCUT2D eigenvalue weighted by atomic mass is 10.3. The van der Waals surface area contributed by atoms with Gasteiger partial charge in [-0.3, -0.25) is 0 Å². The van der Waals surface area contributed by atoms with Crippen molar-refractivity contribution in [3.63, 3.8) is 0 Å². The number of hydrogen-bond acceptors (Lipinski definition) is 2. The van der Waals surface area contributed by atoms with E-state index in [1.54, 1.807) is 0 Å². The number of ether oxygens (including phenoxy) is 1. The van der Waals surface area contributed by atoms with Gasteiger partial charge in [-0.25, -0.2) is 4.79 Å². The Kier molecular flexibility index (Phi) is 3.95. The normalized spacial score (nSPS) is 11.2. The van der Waals surface area contributed by atoms with Crippen LogP contribution < -0.4 is 4.74 Å². The molecule has 0 atom stereocenters. The molecule has 0 aliphatic rings. The second kappa shape index (κ2) is 4.66. The van der Waals surface area contributed by atoms with Crippen molar-refractivity contribution >= 4 is 52.4 Å². The largest absolute Gasteiger partial charge is 0.476 e. The number of hydrogen-bond donors (Lipinski definition) is 1. The van der Waals surface area contributed by atoms with Gasteiger partial charge in [-0.15, -0.1) is 0 Å². The molecule has 0 aromatic heterocycles. The van der Waals surface area contributed by atoms with Gasteiger partial charge < -0.3 is 9.84 Å². The summed E-state index contributed by atoms with van der Waals surface area (Å²) in [6.45, 7) is 0. The molecule has 0 unspecified atom stereocenters. The molecule has 1 N–H and O–H groups in total. The maximum atomic E-state index is 10.5. The van der Waals surface area contributed by atoms with Crippen molar-refractivity contribution in [3.8, 4) is 5.75 Å². The molecule has 1 aromatic rings. The van der Waals surface area contributed by atoms with E-state index in [4.69, 9.17) is 56.2 Å². The molecular formula is C8H4Cl4O3. The van der Waals surface area contributed by atoms with Gasteiger partial charge in [0, 0.05) is 5.02 Å². The van der Waals surface area contributed by atoms with Crippen molar-refractivity contribution in [1.82, 2.24) is 0 Å². The van der Waals surface area contributed by atoms with Crippen LogP contribution >= 0.6 is 46.4 Å². The van der Waals surface area contributed by atoms with Crippen LogP contribution in [0.15, 0.2) is 18.2 Å². The van der Waals surface area contributed by atoms with Crippen molar-refractivity contribution in [2.45, 2.75) is 4.52 Å². The van der Waals surface area contributed by atoms with Gasteiger partial charge in [-0.2, -0.15) is 0 Å². The summed E-state index contributed by atoms with van der Waals surface area (Å²) < 4.78 is 2.41. The topological polar surface area (TPSA) is 46.5 Å². The second-order valence-corrected chi connectivity index (χ2v) is 4.60. The predicted molar refractivity (Wildman–Crippen MR) is 59.2 cm³/mol. The van der Waals surface area contributed by atoms with E-state index in [2.05, 4.69) is 0 Å². The molecule has 7 heteroatoms. The number of alkyl halides is 2. The zero-order chi connectivity index (χ0) is 11.6. The van der Waals surface area contributed by atoms with E-state index >= 15 is 0 Å². The second-order valence-electron chi connectivity index (χ2n) is 2.50. The Morgan fingerprint density at radius 2 is 1.93 bits per heavy atom. The number of carboxylic acids is 1. The third kappa shape index (κ3) is 3.31. The summed E-state index contributed by atoms with van der Waals surface area (Å²) in [6, 6.07) is 4.21. The van der Waals surface area contributed by atoms with Gasteiger partial charge in [-0.05, 0) is 41.4 Å². The van der Waals surface area contributed by atoms with Gasteiger partial charge in [0.2, 0.25) is 0 Å². The fourth-order valence-electron chi connectivity index (χ4n) is 0.740. The standard InChI is InChI=1S/C8H4Cl4O3/c9-4-1-2-6(5(10)3-4)15-8(11,12)7(13)14/h1-3H,(H,13,14). The molecule has 1 aromatic carbocycles. The smallest absolute Gasteiger partial charge is 0.381 e. The number of benzene rings is 1. The molecule has 15 heavy (non-hydrogen) atoms. The summed E-state index contributed by atoms with van der Waals surface area (Å²) in [6.07, 6.45) is 0. The Morgan fingerprint density at radius 3 is 2.40 bits per heavy atom. The molecule has 0 spiro atoms. The average molecular weight is 290 g/mol. The first-order valence-electron chi connectivity index (χ1n) is 3.58. The van der Waals surface area contributed by atoms with E-state index in [0.717, 1.165) is 0 Å². The van der Waals surface area contributed by atoms with Crippen LogP contribution in [0.25, 0.3) is 0 Å². The van der Waals surface area contributed by atoms with Crippen LogP contribution in [0.3, 0.4) is 0 Å². The van der Waals surface area contributed by atoms with E-state index in [-0.39, 0.29) is 10.8 Å². The van der Waals surface area contributed by atoms with Gasteiger partial charge in [0.1, 0.15) is 5.75 Å². The van der Waals surface area contributed by atoms with Crippen molar-refractivity contribution in [3.05, 3.63) is 28.2 Å². The zero-order valence-corrected chi connectivity index (χ0v) is 10.0. The van der Waals surface area contributed by atoms with Gasteiger partial charge in [0.15, 0.2) is 0 Å². The minimum absolute atomic E-state index is 0.0356. The quantitative estimate of drug-likeness (QED) is 0.865. The highest BCUT2D eigenvalue weighted by atomic mass is 35.5. The Bertz CT molecular complexity index is 391. The molecule has 0 amide bonds. The lowest BCUT2D eigenvalue weighted by Crippen LogP contribution is -2.32. The number of aliphatic carboxylic acids is 1. The van der Waals surface area contributed by atoms with Crippen molar-refractivity contribution in [2.75, 3.05) is 0 Å². The molecule has 0 fully saturated rings. The number of carbonyl (C=O) groups is 1. The van der Waals surface area contributed by atoms with Crippen LogP contribution in [0.4, 0.5) is 0 Å². The average Bonchev–Trinajstić information content (AvgIpc) is 2.09. The Balaban J connectivity index is 2.95. The molecule has 0 aliphatic carbocycles. The van der Waals surface area contributed by atoms with Gasteiger partial charge in [0.25, 0.3) is 0 Å². The fourth-order valence-corrected chi connectivity index (χ4v) is 1.35. The third-order valence-electron chi connectivity index (χ3n) is 1.38. The number of halogens is 4. The van der Waals surface area contributed by atoms with Gasteiger partial charge in [-0.1, -0.05) is 23.2 Å². The van der Waals surface area contributed by atoms with Gasteiger partial charge >= 0.3 is 10.5 Å². The van der Waals surface area contributed by atoms with Crippen LogP contribution in [-0.2, 0) is 4.79 Å². The van der Waals surface area contributed by atoms with E-state index in [0.29, 0.717) is 5.02 Å². The fraction of sp³-hybridized carbons (Fsp3) is 0.125. The van der Waals surface area contributed by atoms with E-state index < -0.39 is 10.5 Å². The monoisotopic (exact) mass is 288 g/mol. The summed E-state index contributed by atoms with van der Waals surface area (Å²) in [5.41, 5.74) is 0. The lowest BCUT2D eigenvalue weighted by molar-refractivity contribution is -0.143. The Labute approximate surface area is 105 Å². The highest BCUT2D eigenvalue weighted by molar-refractivity contribution is 6.56. The molecule has 0 aliphatic heterocycles. The summed E-state index contributed by atoms with van der Waals surface area (Å²) in [4.78, 5) is 10.5. The van der Waals surface area contributed by atoms with Crippen LogP contribution in [0, 0.1) is 0 Å². The number of carboxylic acid groups (broad SMARTS) is 1. The maximum Gasteiger partial charge on any atom is 0.381 e. The van der Waals surface area contributed by atoms with E-state index in [1.807, 2.05) is 0 Å². The third-order valence-corrected chi connectivity index (χ3v) is 2.39. The minimum Gasteiger partial charge on any atom is -0.476 e. The van der Waals surface area contributed by atoms with Crippen molar-refractivity contribution < 1.29 is 14.6 Å². The predicted octanol–water partition coefficient (Wildman–Crippen LogP) is 3.59. The van der Waals surface area contributed by atoms with Crippen LogP contribution in [0.5, 0.6) is 5.75 Å². The molecule has 3 nitrogen and oxygen atoms in total. The molecule has 82 valence electrons. The summed E-state index contributed by atoms with van der Waals surface area (Å²) in [7, 11) is 0. The lowest BCUT2D eigenvalue weighted by Gasteiger charge is -2.17. The molecule has 0 radical (unpaired) electrons. The first kappa shape index (κ1) is 12.7. The van der Waals surface area contributed by atoms with Gasteiger partial charge in [0.05, 0.1) is 5.02 Å². The molecule has 0 bridgehead atoms. The first-order chi connectivity index (χ1) is 6.83. The minimum atomic E-state index is -2.38. The van der Waals surface area contributed by atoms with E-state index in [1.165, 1.54) is 18.2 Å². The molecule has 0 heterocycles. The van der Waals surface area contributed by atoms with Crippen molar-refractivity contribution in [2.24, 2.45) is 0 Å². The molecule has 0 saturated carbocycles.